The molecular formula is C61H41N. The molecule has 2 aliphatic rings. The summed E-state index contributed by atoms with van der Waals surface area (Å²) < 4.78 is 0. The molecule has 1 heteroatoms. The topological polar surface area (TPSA) is 3.24 Å². The van der Waals surface area contributed by atoms with E-state index in [1.165, 1.54) is 89.0 Å². The van der Waals surface area contributed by atoms with E-state index in [1.54, 1.807) is 0 Å². The number of hydrogen-bond acceptors (Lipinski definition) is 1. The Morgan fingerprint density at radius 2 is 0.500 bits per heavy atom. The van der Waals surface area contributed by atoms with E-state index < -0.39 is 5.41 Å². The van der Waals surface area contributed by atoms with Gasteiger partial charge >= 0.3 is 0 Å². The molecule has 0 saturated heterocycles. The summed E-state index contributed by atoms with van der Waals surface area (Å²) in [5.41, 5.74) is 23.3. The first-order chi connectivity index (χ1) is 30.8. The third-order valence-corrected chi connectivity index (χ3v) is 13.1. The van der Waals surface area contributed by atoms with Gasteiger partial charge in [0.15, 0.2) is 0 Å². The normalized spacial score (nSPS) is 14.2. The van der Waals surface area contributed by atoms with Crippen molar-refractivity contribution in [3.63, 3.8) is 0 Å². The van der Waals surface area contributed by atoms with E-state index in [-0.39, 0.29) is 0 Å². The van der Waals surface area contributed by atoms with Crippen LogP contribution >= 0.6 is 0 Å². The summed E-state index contributed by atoms with van der Waals surface area (Å²) in [6, 6.07) is 91.2. The Hall–Kier alpha value is -8.00. The lowest BCUT2D eigenvalue weighted by Crippen LogP contribution is -2.25. The van der Waals surface area contributed by atoms with Crippen LogP contribution in [0.15, 0.2) is 249 Å². The molecule has 0 fully saturated rings. The fourth-order valence-electron chi connectivity index (χ4n) is 10.4. The van der Waals surface area contributed by atoms with Crippen molar-refractivity contribution < 1.29 is 0 Å². The second-order valence-electron chi connectivity index (χ2n) is 16.4. The van der Waals surface area contributed by atoms with Gasteiger partial charge in [0.25, 0.3) is 0 Å². The van der Waals surface area contributed by atoms with Gasteiger partial charge in [0.05, 0.1) is 5.41 Å². The molecule has 0 saturated carbocycles. The summed E-state index contributed by atoms with van der Waals surface area (Å²) in [6.07, 6.45) is 0. The van der Waals surface area contributed by atoms with Gasteiger partial charge in [-0.25, -0.2) is 0 Å². The van der Waals surface area contributed by atoms with Crippen LogP contribution in [0.5, 0.6) is 0 Å². The summed E-state index contributed by atoms with van der Waals surface area (Å²) in [5.74, 6) is 0. The third kappa shape index (κ3) is 5.56. The van der Waals surface area contributed by atoms with E-state index in [4.69, 9.17) is 0 Å². The minimum absolute atomic E-state index is 0.437. The first-order valence-corrected chi connectivity index (χ1v) is 21.5. The Bertz CT molecular complexity index is 3160. The lowest BCUT2D eigenvalue weighted by atomic mass is 9.70. The lowest BCUT2D eigenvalue weighted by Gasteiger charge is -2.30. The second-order valence-corrected chi connectivity index (χ2v) is 16.4. The van der Waals surface area contributed by atoms with Crippen molar-refractivity contribution in [1.29, 1.82) is 0 Å². The first kappa shape index (κ1) is 35.9. The quantitative estimate of drug-likeness (QED) is 0.155. The predicted octanol–water partition coefficient (Wildman–Crippen LogP) is 16.2. The monoisotopic (exact) mass is 787 g/mol. The molecule has 0 aromatic heterocycles. The van der Waals surface area contributed by atoms with Gasteiger partial charge in [-0.1, -0.05) is 212 Å². The molecule has 290 valence electrons. The molecular weight excluding hydrogens is 747 g/mol. The minimum Gasteiger partial charge on any atom is -0.311 e. The summed E-state index contributed by atoms with van der Waals surface area (Å²) in [4.78, 5) is 2.36. The Labute approximate surface area is 363 Å². The first-order valence-electron chi connectivity index (χ1n) is 21.5. The zero-order valence-electron chi connectivity index (χ0n) is 34.1. The number of rotatable bonds is 7. The van der Waals surface area contributed by atoms with Crippen molar-refractivity contribution in [2.24, 2.45) is 0 Å². The zero-order chi connectivity index (χ0) is 41.0. The second kappa shape index (κ2) is 14.6. The average molecular weight is 788 g/mol. The molecule has 0 radical (unpaired) electrons. The van der Waals surface area contributed by atoms with Crippen molar-refractivity contribution in [3.8, 4) is 66.8 Å². The van der Waals surface area contributed by atoms with Gasteiger partial charge in [-0.2, -0.15) is 0 Å². The molecule has 2 aliphatic carbocycles. The van der Waals surface area contributed by atoms with Crippen LogP contribution in [0.1, 0.15) is 22.3 Å². The molecule has 62 heavy (non-hydrogen) atoms. The molecule has 0 bridgehead atoms. The maximum atomic E-state index is 2.38. The number of benzene rings is 10. The number of anilines is 3. The van der Waals surface area contributed by atoms with E-state index in [1.807, 2.05) is 0 Å². The van der Waals surface area contributed by atoms with Crippen LogP contribution in [0.25, 0.3) is 66.8 Å². The average Bonchev–Trinajstić information content (AvgIpc) is 3.83. The van der Waals surface area contributed by atoms with Gasteiger partial charge in [0, 0.05) is 17.1 Å². The standard InChI is InChI=1S/C61H41N/c1-4-16-42(17-5-1)44-30-36-48(37-31-44)62(49-38-32-45(33-39-49)43-18-6-2-7-19-43)50-40-34-47(35-41-50)52-25-15-29-58-60(52)54-23-11-13-27-56(54)61(58)55-26-12-10-22-53(55)59-51(24-14-28-57(59)61)46-20-8-3-9-21-46/h1-41H. The third-order valence-electron chi connectivity index (χ3n) is 13.1. The van der Waals surface area contributed by atoms with E-state index in [2.05, 4.69) is 254 Å². The molecule has 1 unspecified atom stereocenters. The number of hydrogen-bond donors (Lipinski definition) is 0. The van der Waals surface area contributed by atoms with Crippen molar-refractivity contribution in [3.05, 3.63) is 271 Å². The van der Waals surface area contributed by atoms with Crippen molar-refractivity contribution in [2.75, 3.05) is 4.90 Å². The SMILES string of the molecule is c1ccc(-c2ccc(N(c3ccc(-c4ccccc4)cc3)c3ccc(-c4cccc5c4-c4ccccc4C54c5ccccc5-c5c(-c6ccccc6)cccc54)cc3)cc2)cc1. The maximum absolute atomic E-state index is 2.38. The highest BCUT2D eigenvalue weighted by Crippen LogP contribution is 2.65. The summed E-state index contributed by atoms with van der Waals surface area (Å²) >= 11 is 0. The predicted molar refractivity (Wildman–Crippen MR) is 259 cm³/mol. The Kier molecular flexibility index (Phi) is 8.47. The Morgan fingerprint density at radius 3 is 0.919 bits per heavy atom. The molecule has 10 aromatic rings. The van der Waals surface area contributed by atoms with Crippen LogP contribution in [0.2, 0.25) is 0 Å². The molecule has 12 rings (SSSR count). The van der Waals surface area contributed by atoms with Gasteiger partial charge in [-0.05, 0) is 125 Å². The molecule has 1 spiro atoms. The molecule has 0 N–H and O–H groups in total. The molecule has 0 heterocycles. The largest absolute Gasteiger partial charge is 0.311 e. The van der Waals surface area contributed by atoms with Gasteiger partial charge in [0.2, 0.25) is 0 Å². The van der Waals surface area contributed by atoms with Gasteiger partial charge in [-0.15, -0.1) is 0 Å². The van der Waals surface area contributed by atoms with Gasteiger partial charge in [-0.3, -0.25) is 0 Å². The van der Waals surface area contributed by atoms with Crippen molar-refractivity contribution in [2.45, 2.75) is 5.41 Å². The van der Waals surface area contributed by atoms with E-state index in [9.17, 15) is 0 Å². The van der Waals surface area contributed by atoms with Crippen LogP contribution in [-0.2, 0) is 5.41 Å². The molecule has 0 aliphatic heterocycles. The molecule has 1 atom stereocenters. The van der Waals surface area contributed by atoms with E-state index in [0.717, 1.165) is 17.1 Å². The van der Waals surface area contributed by atoms with Crippen molar-refractivity contribution >= 4 is 17.1 Å². The fourth-order valence-corrected chi connectivity index (χ4v) is 10.4. The van der Waals surface area contributed by atoms with Crippen molar-refractivity contribution in [1.82, 2.24) is 0 Å². The fraction of sp³-hybridized carbons (Fsp3) is 0.0164. The van der Waals surface area contributed by atoms with Crippen LogP contribution in [-0.4, -0.2) is 0 Å². The highest BCUT2D eigenvalue weighted by atomic mass is 15.1. The van der Waals surface area contributed by atoms with Crippen LogP contribution in [0.3, 0.4) is 0 Å². The van der Waals surface area contributed by atoms with Crippen LogP contribution < -0.4 is 4.90 Å². The molecule has 0 amide bonds. The highest BCUT2D eigenvalue weighted by Gasteiger charge is 2.52. The Morgan fingerprint density at radius 1 is 0.210 bits per heavy atom. The Balaban J connectivity index is 0.992. The minimum atomic E-state index is -0.437. The van der Waals surface area contributed by atoms with Crippen LogP contribution in [0, 0.1) is 0 Å². The van der Waals surface area contributed by atoms with E-state index >= 15 is 0 Å². The highest BCUT2D eigenvalue weighted by molar-refractivity contribution is 6.03. The summed E-state index contributed by atoms with van der Waals surface area (Å²) in [7, 11) is 0. The maximum Gasteiger partial charge on any atom is 0.0725 e. The smallest absolute Gasteiger partial charge is 0.0725 e. The number of fused-ring (bicyclic) bond motifs is 10. The lowest BCUT2D eigenvalue weighted by molar-refractivity contribution is 0.794. The summed E-state index contributed by atoms with van der Waals surface area (Å²) in [5, 5.41) is 0. The van der Waals surface area contributed by atoms with E-state index in [0.29, 0.717) is 0 Å². The number of nitrogens with zero attached hydrogens (tertiary/aromatic N) is 1. The van der Waals surface area contributed by atoms with Crippen LogP contribution in [0.4, 0.5) is 17.1 Å². The zero-order valence-corrected chi connectivity index (χ0v) is 34.1. The molecule has 10 aromatic carbocycles. The summed E-state index contributed by atoms with van der Waals surface area (Å²) in [6.45, 7) is 0. The van der Waals surface area contributed by atoms with Gasteiger partial charge < -0.3 is 4.90 Å². The van der Waals surface area contributed by atoms with Gasteiger partial charge in [0.1, 0.15) is 0 Å². The molecule has 1 nitrogen and oxygen atoms in total.